The number of hydrogen-bond donors (Lipinski definition) is 1. The van der Waals surface area contributed by atoms with Crippen LogP contribution in [-0.4, -0.2) is 25.5 Å². The van der Waals surface area contributed by atoms with E-state index in [0.717, 1.165) is 4.47 Å². The fraction of sp³-hybridized carbons (Fsp3) is 0.417. The van der Waals surface area contributed by atoms with Crippen molar-refractivity contribution in [3.8, 4) is 0 Å². The third kappa shape index (κ3) is 4.43. The van der Waals surface area contributed by atoms with Gasteiger partial charge in [0.25, 0.3) is 0 Å². The average Bonchev–Trinajstić information content (AvgIpc) is 2.26. The molecule has 0 spiro atoms. The maximum absolute atomic E-state index is 11.8. The molecule has 16 heavy (non-hydrogen) atoms. The second-order valence-corrected chi connectivity index (χ2v) is 4.59. The molecule has 0 aromatic heterocycles. The third-order valence-electron chi connectivity index (χ3n) is 2.29. The predicted octanol–water partition coefficient (Wildman–Crippen LogP) is 2.39. The van der Waals surface area contributed by atoms with Crippen molar-refractivity contribution in [1.82, 2.24) is 0 Å². The second-order valence-electron chi connectivity index (χ2n) is 3.68. The highest BCUT2D eigenvalue weighted by Gasteiger charge is 2.11. The van der Waals surface area contributed by atoms with Crippen molar-refractivity contribution in [2.45, 2.75) is 18.9 Å². The van der Waals surface area contributed by atoms with E-state index in [1.54, 1.807) is 13.2 Å². The topological polar surface area (TPSA) is 52.3 Å². The van der Waals surface area contributed by atoms with Gasteiger partial charge in [-0.05, 0) is 18.6 Å². The lowest BCUT2D eigenvalue weighted by atomic mass is 10.0. The first-order valence-corrected chi connectivity index (χ1v) is 5.96. The Labute approximate surface area is 104 Å². The van der Waals surface area contributed by atoms with Crippen molar-refractivity contribution >= 4 is 21.7 Å². The molecule has 3 nitrogen and oxygen atoms in total. The predicted molar refractivity (Wildman–Crippen MR) is 67.6 cm³/mol. The lowest BCUT2D eigenvalue weighted by molar-refractivity contribution is 0.0967. The van der Waals surface area contributed by atoms with Crippen LogP contribution in [0.5, 0.6) is 0 Å². The lowest BCUT2D eigenvalue weighted by Crippen LogP contribution is -2.25. The van der Waals surface area contributed by atoms with Crippen LogP contribution >= 0.6 is 15.9 Å². The Morgan fingerprint density at radius 2 is 2.31 bits per heavy atom. The molecule has 1 rings (SSSR count). The summed E-state index contributed by atoms with van der Waals surface area (Å²) in [6.07, 6.45) is 1.07. The monoisotopic (exact) mass is 285 g/mol. The number of ketones is 1. The Morgan fingerprint density at radius 1 is 1.56 bits per heavy atom. The highest BCUT2D eigenvalue weighted by molar-refractivity contribution is 9.10. The number of carbonyl (C=O) groups excluding carboxylic acids is 1. The van der Waals surface area contributed by atoms with E-state index in [0.29, 0.717) is 25.0 Å². The molecular weight excluding hydrogens is 270 g/mol. The zero-order chi connectivity index (χ0) is 12.0. The van der Waals surface area contributed by atoms with Gasteiger partial charge in [-0.15, -0.1) is 0 Å². The first-order chi connectivity index (χ1) is 7.63. The van der Waals surface area contributed by atoms with E-state index in [9.17, 15) is 4.79 Å². The summed E-state index contributed by atoms with van der Waals surface area (Å²) in [7, 11) is 1.63. The quantitative estimate of drug-likeness (QED) is 0.817. The molecule has 1 aromatic carbocycles. The van der Waals surface area contributed by atoms with Gasteiger partial charge in [0.15, 0.2) is 5.78 Å². The van der Waals surface area contributed by atoms with Crippen LogP contribution in [0.2, 0.25) is 0 Å². The van der Waals surface area contributed by atoms with E-state index < -0.39 is 0 Å². The van der Waals surface area contributed by atoms with Gasteiger partial charge in [-0.1, -0.05) is 28.1 Å². The molecule has 1 atom stereocenters. The van der Waals surface area contributed by atoms with Gasteiger partial charge in [0.05, 0.1) is 0 Å². The summed E-state index contributed by atoms with van der Waals surface area (Å²) < 4.78 is 5.83. The first kappa shape index (κ1) is 13.4. The zero-order valence-electron chi connectivity index (χ0n) is 9.28. The zero-order valence-corrected chi connectivity index (χ0v) is 10.9. The summed E-state index contributed by atoms with van der Waals surface area (Å²) in [5.74, 6) is 0.0740. The van der Waals surface area contributed by atoms with Crippen LogP contribution in [-0.2, 0) is 4.74 Å². The van der Waals surface area contributed by atoms with Crippen LogP contribution in [0.3, 0.4) is 0 Å². The van der Waals surface area contributed by atoms with Gasteiger partial charge in [0.2, 0.25) is 0 Å². The van der Waals surface area contributed by atoms with E-state index in [1.807, 2.05) is 18.2 Å². The summed E-state index contributed by atoms with van der Waals surface area (Å²) in [6.45, 7) is 0.590. The minimum atomic E-state index is -0.133. The molecule has 0 aliphatic rings. The molecule has 4 heteroatoms. The molecule has 0 saturated heterocycles. The van der Waals surface area contributed by atoms with E-state index in [1.165, 1.54) is 0 Å². The number of halogens is 1. The van der Waals surface area contributed by atoms with Gasteiger partial charge in [-0.2, -0.15) is 0 Å². The summed E-state index contributed by atoms with van der Waals surface area (Å²) in [4.78, 5) is 11.8. The Bertz CT molecular complexity index is 355. The fourth-order valence-electron chi connectivity index (χ4n) is 1.39. The molecule has 0 heterocycles. The lowest BCUT2D eigenvalue weighted by Gasteiger charge is -2.09. The molecule has 1 aromatic rings. The molecule has 88 valence electrons. The largest absolute Gasteiger partial charge is 0.385 e. The maximum Gasteiger partial charge on any atom is 0.164 e. The van der Waals surface area contributed by atoms with Crippen molar-refractivity contribution in [1.29, 1.82) is 0 Å². The molecule has 0 saturated carbocycles. The van der Waals surface area contributed by atoms with Gasteiger partial charge in [-0.3, -0.25) is 4.79 Å². The van der Waals surface area contributed by atoms with Gasteiger partial charge in [0.1, 0.15) is 0 Å². The smallest absolute Gasteiger partial charge is 0.164 e. The summed E-state index contributed by atoms with van der Waals surface area (Å²) in [6, 6.07) is 7.22. The van der Waals surface area contributed by atoms with E-state index in [2.05, 4.69) is 15.9 Å². The first-order valence-electron chi connectivity index (χ1n) is 5.16. The number of methoxy groups -OCH3 is 1. The van der Waals surface area contributed by atoms with Crippen LogP contribution in [0.4, 0.5) is 0 Å². The molecule has 2 N–H and O–H groups in total. The minimum absolute atomic E-state index is 0.0740. The van der Waals surface area contributed by atoms with Crippen LogP contribution in [0.15, 0.2) is 28.7 Å². The molecule has 0 aliphatic heterocycles. The standard InChI is InChI=1S/C12H16BrNO2/c1-16-6-5-11(14)8-12(15)9-3-2-4-10(13)7-9/h2-4,7,11H,5-6,8,14H2,1H3. The minimum Gasteiger partial charge on any atom is -0.385 e. The molecule has 0 bridgehead atoms. The van der Waals surface area contributed by atoms with Crippen LogP contribution < -0.4 is 5.73 Å². The van der Waals surface area contributed by atoms with Gasteiger partial charge < -0.3 is 10.5 Å². The number of benzene rings is 1. The highest BCUT2D eigenvalue weighted by Crippen LogP contribution is 2.14. The Hall–Kier alpha value is -0.710. The van der Waals surface area contributed by atoms with Gasteiger partial charge in [0, 0.05) is 36.2 Å². The van der Waals surface area contributed by atoms with Crippen molar-refractivity contribution in [3.63, 3.8) is 0 Å². The van der Waals surface area contributed by atoms with Crippen molar-refractivity contribution in [3.05, 3.63) is 34.3 Å². The van der Waals surface area contributed by atoms with Crippen LogP contribution in [0.25, 0.3) is 0 Å². The SMILES string of the molecule is COCCC(N)CC(=O)c1cccc(Br)c1. The molecule has 0 amide bonds. The normalized spacial score (nSPS) is 12.4. The van der Waals surface area contributed by atoms with E-state index >= 15 is 0 Å². The van der Waals surface area contributed by atoms with Crippen molar-refractivity contribution in [2.24, 2.45) is 5.73 Å². The summed E-state index contributed by atoms with van der Waals surface area (Å²) >= 11 is 3.34. The van der Waals surface area contributed by atoms with Crippen molar-refractivity contribution in [2.75, 3.05) is 13.7 Å². The number of carbonyl (C=O) groups is 1. The highest BCUT2D eigenvalue weighted by atomic mass is 79.9. The Kier molecular flexibility index (Phi) is 5.66. The maximum atomic E-state index is 11.8. The summed E-state index contributed by atoms with van der Waals surface area (Å²) in [5.41, 5.74) is 6.52. The fourth-order valence-corrected chi connectivity index (χ4v) is 1.79. The number of rotatable bonds is 6. The molecule has 0 aliphatic carbocycles. The molecule has 0 radical (unpaired) electrons. The van der Waals surface area contributed by atoms with Gasteiger partial charge in [-0.25, -0.2) is 0 Å². The van der Waals surface area contributed by atoms with Crippen LogP contribution in [0, 0.1) is 0 Å². The van der Waals surface area contributed by atoms with Crippen LogP contribution in [0.1, 0.15) is 23.2 Å². The number of Topliss-reactive ketones (excluding diaryl/α,β-unsaturated/α-hetero) is 1. The Morgan fingerprint density at radius 3 is 2.94 bits per heavy atom. The number of nitrogens with two attached hydrogens (primary N) is 1. The summed E-state index contributed by atoms with van der Waals surface area (Å²) in [5, 5.41) is 0. The third-order valence-corrected chi connectivity index (χ3v) is 2.78. The second kappa shape index (κ2) is 6.78. The Balaban J connectivity index is 2.52. The van der Waals surface area contributed by atoms with Crippen molar-refractivity contribution < 1.29 is 9.53 Å². The molecular formula is C12H16BrNO2. The molecule has 1 unspecified atom stereocenters. The van der Waals surface area contributed by atoms with E-state index in [4.69, 9.17) is 10.5 Å². The average molecular weight is 286 g/mol. The van der Waals surface area contributed by atoms with E-state index in [-0.39, 0.29) is 11.8 Å². The van der Waals surface area contributed by atoms with Gasteiger partial charge >= 0.3 is 0 Å². The molecule has 0 fully saturated rings. The number of hydrogen-bond acceptors (Lipinski definition) is 3. The number of ether oxygens (including phenoxy) is 1.